The van der Waals surface area contributed by atoms with Crippen LogP contribution in [0.4, 0.5) is 10.5 Å². The van der Waals surface area contributed by atoms with Crippen molar-refractivity contribution in [1.82, 2.24) is 10.2 Å². The number of likely N-dealkylation sites (tertiary alicyclic amines) is 1. The maximum atomic E-state index is 12.2. The van der Waals surface area contributed by atoms with E-state index < -0.39 is 0 Å². The Hall–Kier alpha value is -2.04. The fourth-order valence-electron chi connectivity index (χ4n) is 3.08. The van der Waals surface area contributed by atoms with Crippen molar-refractivity contribution in [1.29, 1.82) is 0 Å². The van der Waals surface area contributed by atoms with Crippen LogP contribution in [0.15, 0.2) is 54.6 Å². The number of carbonyl (C=O) groups is 1. The van der Waals surface area contributed by atoms with Gasteiger partial charge in [0, 0.05) is 17.3 Å². The normalized spacial score (nSPS) is 15.9. The van der Waals surface area contributed by atoms with Gasteiger partial charge in [0.15, 0.2) is 0 Å². The number of amides is 2. The summed E-state index contributed by atoms with van der Waals surface area (Å²) in [6, 6.07) is 17.5. The lowest BCUT2D eigenvalue weighted by Gasteiger charge is -2.28. The number of urea groups is 1. The van der Waals surface area contributed by atoms with Crippen molar-refractivity contribution in [3.05, 3.63) is 65.2 Å². The van der Waals surface area contributed by atoms with E-state index in [4.69, 9.17) is 11.6 Å². The van der Waals surface area contributed by atoms with E-state index in [0.29, 0.717) is 11.6 Å². The molecule has 2 aromatic rings. The molecule has 2 amide bonds. The molecule has 1 fully saturated rings. The van der Waals surface area contributed by atoms with Crippen molar-refractivity contribution in [3.8, 4) is 0 Å². The molecule has 4 nitrogen and oxygen atoms in total. The van der Waals surface area contributed by atoms with Crippen molar-refractivity contribution in [2.45, 2.75) is 18.9 Å². The zero-order chi connectivity index (χ0) is 16.8. The standard InChI is InChI=1S/C19H22ClN3O/c20-16-8-10-17(11-9-16)22-19(24)21-14-18(23-12-4-5-13-23)15-6-2-1-3-7-15/h1-3,6-11,18H,4-5,12-14H2,(H2,21,22,24)/t18-/m1/s1. The average Bonchev–Trinajstić information content (AvgIpc) is 3.12. The third-order valence-electron chi connectivity index (χ3n) is 4.32. The summed E-state index contributed by atoms with van der Waals surface area (Å²) in [5.41, 5.74) is 1.97. The molecular formula is C19H22ClN3O. The van der Waals surface area contributed by atoms with E-state index in [-0.39, 0.29) is 12.1 Å². The van der Waals surface area contributed by atoms with Gasteiger partial charge >= 0.3 is 6.03 Å². The van der Waals surface area contributed by atoms with Crippen molar-refractivity contribution in [2.75, 3.05) is 25.0 Å². The first-order valence-electron chi connectivity index (χ1n) is 8.32. The van der Waals surface area contributed by atoms with Gasteiger partial charge in [-0.25, -0.2) is 4.79 Å². The summed E-state index contributed by atoms with van der Waals surface area (Å²) in [6.07, 6.45) is 2.45. The molecule has 1 atom stereocenters. The number of benzene rings is 2. The van der Waals surface area contributed by atoms with Gasteiger partial charge in [-0.3, -0.25) is 4.90 Å². The second-order valence-corrected chi connectivity index (χ2v) is 6.45. The maximum Gasteiger partial charge on any atom is 0.319 e. The lowest BCUT2D eigenvalue weighted by atomic mass is 10.1. The van der Waals surface area contributed by atoms with Crippen LogP contribution in [0.2, 0.25) is 5.02 Å². The van der Waals surface area contributed by atoms with Gasteiger partial charge in [-0.05, 0) is 55.8 Å². The summed E-state index contributed by atoms with van der Waals surface area (Å²) in [4.78, 5) is 14.6. The Morgan fingerprint density at radius 2 is 1.71 bits per heavy atom. The summed E-state index contributed by atoms with van der Waals surface area (Å²) in [5, 5.41) is 6.49. The van der Waals surface area contributed by atoms with Crippen LogP contribution in [0.5, 0.6) is 0 Å². The molecule has 24 heavy (non-hydrogen) atoms. The Morgan fingerprint density at radius 1 is 1.04 bits per heavy atom. The second kappa shape index (κ2) is 8.18. The van der Waals surface area contributed by atoms with Crippen LogP contribution in [0.25, 0.3) is 0 Å². The molecule has 1 aliphatic rings. The lowest BCUT2D eigenvalue weighted by molar-refractivity contribution is 0.227. The molecule has 0 aliphatic carbocycles. The highest BCUT2D eigenvalue weighted by Gasteiger charge is 2.23. The van der Waals surface area contributed by atoms with Crippen LogP contribution in [0.1, 0.15) is 24.4 Å². The summed E-state index contributed by atoms with van der Waals surface area (Å²) in [7, 11) is 0. The predicted octanol–water partition coefficient (Wildman–Crippen LogP) is 4.30. The molecule has 0 radical (unpaired) electrons. The van der Waals surface area contributed by atoms with Gasteiger partial charge in [-0.1, -0.05) is 41.9 Å². The molecule has 1 aliphatic heterocycles. The van der Waals surface area contributed by atoms with Gasteiger partial charge in [0.1, 0.15) is 0 Å². The van der Waals surface area contributed by atoms with Gasteiger partial charge in [-0.2, -0.15) is 0 Å². The Bertz CT molecular complexity index is 654. The van der Waals surface area contributed by atoms with Crippen LogP contribution in [0.3, 0.4) is 0 Å². The van der Waals surface area contributed by atoms with E-state index in [1.807, 2.05) is 18.2 Å². The van der Waals surface area contributed by atoms with Crippen LogP contribution < -0.4 is 10.6 Å². The van der Waals surface area contributed by atoms with Crippen molar-refractivity contribution in [2.24, 2.45) is 0 Å². The number of nitrogens with one attached hydrogen (secondary N) is 2. The fourth-order valence-corrected chi connectivity index (χ4v) is 3.21. The number of hydrogen-bond acceptors (Lipinski definition) is 2. The topological polar surface area (TPSA) is 44.4 Å². The SMILES string of the molecule is O=C(NC[C@H](c1ccccc1)N1CCCC1)Nc1ccc(Cl)cc1. The largest absolute Gasteiger partial charge is 0.336 e. The molecule has 0 spiro atoms. The van der Waals surface area contributed by atoms with Gasteiger partial charge < -0.3 is 10.6 Å². The Labute approximate surface area is 147 Å². The second-order valence-electron chi connectivity index (χ2n) is 6.01. The molecule has 5 heteroatoms. The zero-order valence-electron chi connectivity index (χ0n) is 13.5. The highest BCUT2D eigenvalue weighted by molar-refractivity contribution is 6.30. The van der Waals surface area contributed by atoms with Crippen molar-refractivity contribution < 1.29 is 4.79 Å². The summed E-state index contributed by atoms with van der Waals surface area (Å²) in [5.74, 6) is 0. The van der Waals surface area contributed by atoms with E-state index in [1.54, 1.807) is 24.3 Å². The number of hydrogen-bond donors (Lipinski definition) is 2. The molecule has 3 rings (SSSR count). The van der Waals surface area contributed by atoms with Gasteiger partial charge in [-0.15, -0.1) is 0 Å². The smallest absolute Gasteiger partial charge is 0.319 e. The molecule has 0 bridgehead atoms. The molecule has 2 aromatic carbocycles. The first kappa shape index (κ1) is 16.8. The molecular weight excluding hydrogens is 322 g/mol. The third kappa shape index (κ3) is 4.49. The zero-order valence-corrected chi connectivity index (χ0v) is 14.3. The fraction of sp³-hybridized carbons (Fsp3) is 0.316. The van der Waals surface area contributed by atoms with E-state index in [1.165, 1.54) is 18.4 Å². The summed E-state index contributed by atoms with van der Waals surface area (Å²) >= 11 is 5.86. The minimum absolute atomic E-state index is 0.197. The Morgan fingerprint density at radius 3 is 2.38 bits per heavy atom. The highest BCUT2D eigenvalue weighted by atomic mass is 35.5. The van der Waals surface area contributed by atoms with Crippen LogP contribution in [-0.4, -0.2) is 30.6 Å². The lowest BCUT2D eigenvalue weighted by Crippen LogP contribution is -2.38. The number of halogens is 1. The molecule has 0 unspecified atom stereocenters. The van der Waals surface area contributed by atoms with Gasteiger partial charge in [0.25, 0.3) is 0 Å². The highest BCUT2D eigenvalue weighted by Crippen LogP contribution is 2.24. The average molecular weight is 344 g/mol. The first-order valence-corrected chi connectivity index (χ1v) is 8.69. The number of carbonyl (C=O) groups excluding carboxylic acids is 1. The predicted molar refractivity (Wildman–Crippen MR) is 98.5 cm³/mol. The molecule has 1 saturated heterocycles. The minimum atomic E-state index is -0.197. The van der Waals surface area contributed by atoms with Crippen LogP contribution in [0, 0.1) is 0 Å². The maximum absolute atomic E-state index is 12.2. The Kier molecular flexibility index (Phi) is 5.72. The molecule has 126 valence electrons. The van der Waals surface area contributed by atoms with E-state index in [2.05, 4.69) is 27.7 Å². The monoisotopic (exact) mass is 343 g/mol. The molecule has 0 saturated carbocycles. The molecule has 2 N–H and O–H groups in total. The molecule has 0 aromatic heterocycles. The number of rotatable bonds is 5. The van der Waals surface area contributed by atoms with Crippen LogP contribution in [-0.2, 0) is 0 Å². The van der Waals surface area contributed by atoms with E-state index >= 15 is 0 Å². The first-order chi connectivity index (χ1) is 11.7. The number of anilines is 1. The van der Waals surface area contributed by atoms with E-state index in [0.717, 1.165) is 18.8 Å². The van der Waals surface area contributed by atoms with Crippen LogP contribution >= 0.6 is 11.6 Å². The third-order valence-corrected chi connectivity index (χ3v) is 4.58. The molecule has 1 heterocycles. The van der Waals surface area contributed by atoms with Crippen molar-refractivity contribution >= 4 is 23.3 Å². The summed E-state index contributed by atoms with van der Waals surface area (Å²) < 4.78 is 0. The van der Waals surface area contributed by atoms with Crippen molar-refractivity contribution in [3.63, 3.8) is 0 Å². The quantitative estimate of drug-likeness (QED) is 0.850. The minimum Gasteiger partial charge on any atom is -0.336 e. The van der Waals surface area contributed by atoms with Gasteiger partial charge in [0.05, 0.1) is 6.04 Å². The number of nitrogens with zero attached hydrogens (tertiary/aromatic N) is 1. The Balaban J connectivity index is 1.60. The van der Waals surface area contributed by atoms with Gasteiger partial charge in [0.2, 0.25) is 0 Å². The summed E-state index contributed by atoms with van der Waals surface area (Å²) in [6.45, 7) is 2.75. The van der Waals surface area contributed by atoms with E-state index in [9.17, 15) is 4.79 Å².